The molecule has 0 bridgehead atoms. The number of nitrogens with one attached hydrogen (secondary N) is 1. The minimum Gasteiger partial charge on any atom is -0.393 e. The minimum absolute atomic E-state index is 0.268. The quantitative estimate of drug-likeness (QED) is 0.0160. The van der Waals surface area contributed by atoms with Crippen molar-refractivity contribution in [3.05, 3.63) is 60.8 Å². The summed E-state index contributed by atoms with van der Waals surface area (Å²) in [6.07, 6.45) is 34.6. The first-order valence-electron chi connectivity index (χ1n) is 24.8. The molecule has 1 aliphatic rings. The van der Waals surface area contributed by atoms with Crippen LogP contribution in [0.3, 0.4) is 0 Å². The third kappa shape index (κ3) is 30.3. The van der Waals surface area contributed by atoms with E-state index in [1.165, 1.54) is 83.1 Å². The van der Waals surface area contributed by atoms with Gasteiger partial charge in [-0.15, -0.1) is 0 Å². The number of aliphatic hydroxyl groups excluding tert-OH is 7. The van der Waals surface area contributed by atoms with E-state index in [-0.39, 0.29) is 6.42 Å². The highest BCUT2D eigenvalue weighted by Gasteiger charge is 2.51. The van der Waals surface area contributed by atoms with Crippen LogP contribution in [0.1, 0.15) is 187 Å². The van der Waals surface area contributed by atoms with Gasteiger partial charge in [0.25, 0.3) is 0 Å². The SMILES string of the molecule is CCCCC/C=C/CC/C=C/CC/C=C/C(O)C(COP(=O)(O)OC1C(O)C(O)C(O)C(O)C1O)NC(=O)CC(O)CCCCCCC/C=C\C/C=C\CCCCCCCCCCC. The van der Waals surface area contributed by atoms with Gasteiger partial charge in [-0.3, -0.25) is 13.8 Å². The zero-order chi connectivity index (χ0) is 47.3. The van der Waals surface area contributed by atoms with Crippen LogP contribution in [0, 0.1) is 0 Å². The predicted octanol–water partition coefficient (Wildman–Crippen LogP) is 8.87. The molecular formula is C50H90NO12P. The molecule has 1 amide bonds. The lowest BCUT2D eigenvalue weighted by Crippen LogP contribution is -2.64. The Morgan fingerprint density at radius 3 is 1.50 bits per heavy atom. The normalized spacial score (nSPS) is 23.2. The Bertz CT molecular complexity index is 1330. The van der Waals surface area contributed by atoms with Crippen LogP contribution in [0.25, 0.3) is 0 Å². The highest BCUT2D eigenvalue weighted by molar-refractivity contribution is 7.47. The molecule has 14 heteroatoms. The van der Waals surface area contributed by atoms with E-state index >= 15 is 0 Å². The van der Waals surface area contributed by atoms with Crippen LogP contribution in [-0.2, 0) is 18.4 Å². The van der Waals surface area contributed by atoms with Gasteiger partial charge in [0.15, 0.2) is 0 Å². The van der Waals surface area contributed by atoms with Crippen molar-refractivity contribution in [3.63, 3.8) is 0 Å². The highest BCUT2D eigenvalue weighted by atomic mass is 31.2. The lowest BCUT2D eigenvalue weighted by Gasteiger charge is -2.41. The average molecular weight is 928 g/mol. The standard InChI is InChI=1S/C50H90NO12P/c1-3-5-7-9-11-13-15-17-18-19-20-21-22-23-24-26-27-29-31-33-35-37-41(52)39-44(54)51-42(43(53)38-36-34-32-30-28-25-16-14-12-10-8-6-4-2)40-62-64(60,61)63-50-48(58)46(56)45(55)47(57)49(50)59/h12,14,20-21,23-24,28,30,36,38,41-43,45-50,52-53,55-59H,3-11,13,15-19,22,25-27,29,31-35,37,39-40H2,1-2H3,(H,51,54)(H,60,61)/b14-12+,21-20-,24-23-,30-28+,38-36+. The minimum atomic E-state index is -5.16. The molecule has 64 heavy (non-hydrogen) atoms. The zero-order valence-corrected chi connectivity index (χ0v) is 40.3. The molecule has 0 saturated heterocycles. The maximum atomic E-state index is 13.0. The second-order valence-corrected chi connectivity index (χ2v) is 18.9. The summed E-state index contributed by atoms with van der Waals surface area (Å²) in [5, 5.41) is 74.5. The molecular weight excluding hydrogens is 838 g/mol. The molecule has 0 aliphatic heterocycles. The maximum absolute atomic E-state index is 13.0. The number of amides is 1. The van der Waals surface area contributed by atoms with Crippen LogP contribution in [0.4, 0.5) is 0 Å². The molecule has 372 valence electrons. The third-order valence-corrected chi connectivity index (χ3v) is 12.5. The molecule has 1 aliphatic carbocycles. The molecule has 0 spiro atoms. The summed E-state index contributed by atoms with van der Waals surface area (Å²) in [4.78, 5) is 23.4. The van der Waals surface area contributed by atoms with Crippen molar-refractivity contribution >= 4 is 13.7 Å². The van der Waals surface area contributed by atoms with Gasteiger partial charge in [0.2, 0.25) is 5.91 Å². The smallest absolute Gasteiger partial charge is 0.393 e. The summed E-state index contributed by atoms with van der Waals surface area (Å²) in [5.74, 6) is -0.618. The van der Waals surface area contributed by atoms with Gasteiger partial charge >= 0.3 is 7.82 Å². The van der Waals surface area contributed by atoms with Gasteiger partial charge in [0.05, 0.1) is 31.3 Å². The van der Waals surface area contributed by atoms with Gasteiger partial charge in [0, 0.05) is 0 Å². The molecule has 1 saturated carbocycles. The van der Waals surface area contributed by atoms with E-state index < -0.39 is 75.2 Å². The highest BCUT2D eigenvalue weighted by Crippen LogP contribution is 2.47. The number of phosphoric acid groups is 1. The fourth-order valence-electron chi connectivity index (χ4n) is 7.48. The van der Waals surface area contributed by atoms with Crippen molar-refractivity contribution in [2.45, 2.75) is 242 Å². The van der Waals surface area contributed by atoms with Crippen LogP contribution in [-0.4, -0.2) is 108 Å². The topological polar surface area (TPSA) is 226 Å². The van der Waals surface area contributed by atoms with Crippen molar-refractivity contribution in [1.82, 2.24) is 5.32 Å². The molecule has 1 rings (SSSR count). The van der Waals surface area contributed by atoms with E-state index in [1.54, 1.807) is 6.08 Å². The number of phosphoric ester groups is 1. The first kappa shape index (κ1) is 60.0. The van der Waals surface area contributed by atoms with Gasteiger partial charge in [-0.05, 0) is 77.0 Å². The number of carbonyl (C=O) groups is 1. The van der Waals surface area contributed by atoms with Gasteiger partial charge in [-0.25, -0.2) is 4.57 Å². The van der Waals surface area contributed by atoms with Crippen molar-refractivity contribution in [2.75, 3.05) is 6.61 Å². The van der Waals surface area contributed by atoms with Crippen molar-refractivity contribution in [2.24, 2.45) is 0 Å². The number of aliphatic hydroxyl groups is 7. The molecule has 1 fully saturated rings. The summed E-state index contributed by atoms with van der Waals surface area (Å²) >= 11 is 0. The number of unbranched alkanes of at least 4 members (excludes halogenated alkanes) is 19. The monoisotopic (exact) mass is 928 g/mol. The van der Waals surface area contributed by atoms with Gasteiger partial charge in [0.1, 0.15) is 36.6 Å². The fraction of sp³-hybridized carbons (Fsp3) is 0.780. The number of carbonyl (C=O) groups excluding carboxylic acids is 1. The number of allylic oxidation sites excluding steroid dienone is 9. The number of hydrogen-bond donors (Lipinski definition) is 9. The molecule has 13 nitrogen and oxygen atoms in total. The van der Waals surface area contributed by atoms with E-state index in [2.05, 4.69) is 61.7 Å². The number of hydrogen-bond acceptors (Lipinski definition) is 11. The Balaban J connectivity index is 2.50. The van der Waals surface area contributed by atoms with E-state index in [4.69, 9.17) is 9.05 Å². The first-order chi connectivity index (χ1) is 30.8. The predicted molar refractivity (Wildman–Crippen MR) is 256 cm³/mol. The molecule has 8 unspecified atom stereocenters. The molecule has 0 heterocycles. The Labute approximate surface area is 386 Å². The van der Waals surface area contributed by atoms with E-state index in [9.17, 15) is 50.0 Å². The Morgan fingerprint density at radius 1 is 0.562 bits per heavy atom. The molecule has 0 aromatic heterocycles. The molecule has 9 N–H and O–H groups in total. The lowest BCUT2D eigenvalue weighted by molar-refractivity contribution is -0.220. The summed E-state index contributed by atoms with van der Waals surface area (Å²) in [5.41, 5.74) is 0. The Kier molecular flexibility index (Phi) is 36.6. The Hall–Kier alpha value is -2.00. The van der Waals surface area contributed by atoms with Crippen LogP contribution in [0.15, 0.2) is 60.8 Å². The summed E-state index contributed by atoms with van der Waals surface area (Å²) in [6, 6.07) is -1.27. The summed E-state index contributed by atoms with van der Waals surface area (Å²) in [6.45, 7) is 3.68. The largest absolute Gasteiger partial charge is 0.472 e. The van der Waals surface area contributed by atoms with E-state index in [0.717, 1.165) is 70.6 Å². The second kappa shape index (κ2) is 39.0. The molecule has 8 atom stereocenters. The first-order valence-corrected chi connectivity index (χ1v) is 26.3. The van der Waals surface area contributed by atoms with Gasteiger partial charge in [-0.2, -0.15) is 0 Å². The van der Waals surface area contributed by atoms with Gasteiger partial charge < -0.3 is 46.0 Å². The van der Waals surface area contributed by atoms with Crippen molar-refractivity contribution in [3.8, 4) is 0 Å². The maximum Gasteiger partial charge on any atom is 0.472 e. The van der Waals surface area contributed by atoms with Crippen LogP contribution >= 0.6 is 7.82 Å². The lowest BCUT2D eigenvalue weighted by atomic mass is 9.85. The third-order valence-electron chi connectivity index (χ3n) is 11.6. The van der Waals surface area contributed by atoms with E-state index in [1.807, 2.05) is 6.08 Å². The van der Waals surface area contributed by atoms with Crippen molar-refractivity contribution in [1.29, 1.82) is 0 Å². The fourth-order valence-corrected chi connectivity index (χ4v) is 8.44. The van der Waals surface area contributed by atoms with Crippen molar-refractivity contribution < 1.29 is 59.0 Å². The van der Waals surface area contributed by atoms with Crippen LogP contribution in [0.2, 0.25) is 0 Å². The second-order valence-electron chi connectivity index (χ2n) is 17.5. The van der Waals surface area contributed by atoms with Crippen LogP contribution in [0.5, 0.6) is 0 Å². The Morgan fingerprint density at radius 2 is 0.969 bits per heavy atom. The van der Waals surface area contributed by atoms with Gasteiger partial charge in [-0.1, -0.05) is 164 Å². The van der Waals surface area contributed by atoms with E-state index in [0.29, 0.717) is 19.3 Å². The summed E-state index contributed by atoms with van der Waals surface area (Å²) < 4.78 is 22.8. The molecule has 0 radical (unpaired) electrons. The zero-order valence-electron chi connectivity index (χ0n) is 39.4. The average Bonchev–Trinajstić information content (AvgIpc) is 3.27. The molecule has 0 aromatic carbocycles. The number of rotatable bonds is 40. The summed E-state index contributed by atoms with van der Waals surface area (Å²) in [7, 11) is -5.16. The molecule has 0 aromatic rings. The van der Waals surface area contributed by atoms with Crippen LogP contribution < -0.4 is 5.32 Å².